The highest BCUT2D eigenvalue weighted by Gasteiger charge is 2.60. The number of hydrogen-bond donors (Lipinski definition) is 2. The molecule has 5 rings (SSSR count). The molecule has 2 atom stereocenters. The number of nitrogens with one attached hydrogen (secondary N) is 1. The SMILES string of the molecule is Cc1ccc(OCC(O)CNC(C)Cc2ccc3c(c2)OC(C(=O)Oc2ccc(C)cc2)(C(=O)Oc2ccc(C)cc2)O3)cc1. The van der Waals surface area contributed by atoms with Crippen molar-refractivity contribution < 1.29 is 38.4 Å². The second kappa shape index (κ2) is 13.8. The molecule has 0 aromatic heterocycles. The van der Waals surface area contributed by atoms with Crippen LogP contribution in [0.5, 0.6) is 28.7 Å². The monoisotopic (exact) mass is 611 g/mol. The van der Waals surface area contributed by atoms with E-state index in [9.17, 15) is 14.7 Å². The number of benzene rings is 4. The zero-order valence-corrected chi connectivity index (χ0v) is 25.7. The van der Waals surface area contributed by atoms with Crippen LogP contribution in [0, 0.1) is 20.8 Å². The number of aliphatic hydroxyl groups is 1. The smallest absolute Gasteiger partial charge is 0.454 e. The van der Waals surface area contributed by atoms with E-state index < -0.39 is 23.8 Å². The summed E-state index contributed by atoms with van der Waals surface area (Å²) in [7, 11) is 0. The molecule has 1 aliphatic heterocycles. The molecule has 45 heavy (non-hydrogen) atoms. The third kappa shape index (κ3) is 8.00. The minimum atomic E-state index is -2.51. The normalized spacial score (nSPS) is 14.3. The maximum atomic E-state index is 13.5. The fourth-order valence-electron chi connectivity index (χ4n) is 4.63. The Morgan fingerprint density at radius 3 is 1.76 bits per heavy atom. The molecule has 0 saturated carbocycles. The van der Waals surface area contributed by atoms with Crippen LogP contribution in [0.4, 0.5) is 0 Å². The van der Waals surface area contributed by atoms with E-state index in [1.807, 2.05) is 58.0 Å². The molecule has 9 heteroatoms. The predicted octanol–water partition coefficient (Wildman–Crippen LogP) is 5.25. The number of ether oxygens (including phenoxy) is 5. The fourth-order valence-corrected chi connectivity index (χ4v) is 4.63. The van der Waals surface area contributed by atoms with Gasteiger partial charge in [-0.15, -0.1) is 0 Å². The Hall–Kier alpha value is -4.86. The van der Waals surface area contributed by atoms with Gasteiger partial charge in [-0.05, 0) is 88.2 Å². The van der Waals surface area contributed by atoms with Gasteiger partial charge in [-0.2, -0.15) is 0 Å². The van der Waals surface area contributed by atoms with Gasteiger partial charge in [0, 0.05) is 12.6 Å². The zero-order chi connectivity index (χ0) is 32.0. The number of carbonyl (C=O) groups excluding carboxylic acids is 2. The fraction of sp³-hybridized carbons (Fsp3) is 0.278. The first kappa shape index (κ1) is 31.6. The van der Waals surface area contributed by atoms with E-state index in [0.29, 0.717) is 18.7 Å². The third-order valence-corrected chi connectivity index (χ3v) is 7.22. The highest BCUT2D eigenvalue weighted by atomic mass is 16.8. The van der Waals surface area contributed by atoms with Crippen LogP contribution in [0.15, 0.2) is 91.0 Å². The molecule has 9 nitrogen and oxygen atoms in total. The molecular weight excluding hydrogens is 574 g/mol. The molecule has 0 radical (unpaired) electrons. The first-order valence-electron chi connectivity index (χ1n) is 14.8. The van der Waals surface area contributed by atoms with Gasteiger partial charge in [0.15, 0.2) is 11.5 Å². The van der Waals surface area contributed by atoms with Gasteiger partial charge in [-0.25, -0.2) is 9.59 Å². The van der Waals surface area contributed by atoms with E-state index in [4.69, 9.17) is 23.7 Å². The number of esters is 2. The van der Waals surface area contributed by atoms with Crippen LogP contribution in [0.1, 0.15) is 29.2 Å². The van der Waals surface area contributed by atoms with Crippen molar-refractivity contribution in [1.82, 2.24) is 5.32 Å². The summed E-state index contributed by atoms with van der Waals surface area (Å²) < 4.78 is 28.6. The Kier molecular flexibility index (Phi) is 9.71. The Labute approximate surface area is 262 Å². The van der Waals surface area contributed by atoms with E-state index in [2.05, 4.69) is 5.32 Å². The third-order valence-electron chi connectivity index (χ3n) is 7.22. The van der Waals surface area contributed by atoms with Gasteiger partial charge in [0.25, 0.3) is 0 Å². The van der Waals surface area contributed by atoms with Gasteiger partial charge in [-0.1, -0.05) is 59.2 Å². The number of aliphatic hydroxyl groups excluding tert-OH is 1. The summed E-state index contributed by atoms with van der Waals surface area (Å²) in [4.78, 5) is 27.1. The lowest BCUT2D eigenvalue weighted by molar-refractivity contribution is -0.190. The first-order chi connectivity index (χ1) is 21.6. The molecule has 1 aliphatic rings. The second-order valence-corrected chi connectivity index (χ2v) is 11.3. The number of fused-ring (bicyclic) bond motifs is 1. The van der Waals surface area contributed by atoms with E-state index in [0.717, 1.165) is 22.3 Å². The van der Waals surface area contributed by atoms with Crippen LogP contribution in [0.2, 0.25) is 0 Å². The van der Waals surface area contributed by atoms with Gasteiger partial charge in [0.05, 0.1) is 0 Å². The van der Waals surface area contributed by atoms with Gasteiger partial charge >= 0.3 is 17.7 Å². The molecule has 0 bridgehead atoms. The van der Waals surface area contributed by atoms with Crippen molar-refractivity contribution in [2.45, 2.75) is 52.0 Å². The highest BCUT2D eigenvalue weighted by molar-refractivity contribution is 6.05. The van der Waals surface area contributed by atoms with E-state index in [1.54, 1.807) is 60.7 Å². The van der Waals surface area contributed by atoms with Crippen molar-refractivity contribution in [3.05, 3.63) is 113 Å². The Balaban J connectivity index is 1.24. The van der Waals surface area contributed by atoms with Crippen LogP contribution >= 0.6 is 0 Å². The maximum absolute atomic E-state index is 13.5. The molecule has 0 fully saturated rings. The molecule has 2 unspecified atom stereocenters. The number of carbonyl (C=O) groups is 2. The Morgan fingerprint density at radius 1 is 0.733 bits per heavy atom. The molecule has 0 saturated heterocycles. The quantitative estimate of drug-likeness (QED) is 0.126. The summed E-state index contributed by atoms with van der Waals surface area (Å²) in [5.74, 6) is -3.10. The number of aryl methyl sites for hydroxylation is 3. The minimum Gasteiger partial charge on any atom is -0.491 e. The van der Waals surface area contributed by atoms with Crippen molar-refractivity contribution in [2.24, 2.45) is 0 Å². The first-order valence-corrected chi connectivity index (χ1v) is 14.8. The lowest BCUT2D eigenvalue weighted by Gasteiger charge is -2.23. The van der Waals surface area contributed by atoms with Crippen LogP contribution in [-0.4, -0.2) is 48.1 Å². The average molecular weight is 612 g/mol. The van der Waals surface area contributed by atoms with Crippen molar-refractivity contribution in [3.8, 4) is 28.7 Å². The average Bonchev–Trinajstić information content (AvgIpc) is 3.42. The van der Waals surface area contributed by atoms with Crippen LogP contribution in [0.25, 0.3) is 0 Å². The molecule has 4 aromatic carbocycles. The van der Waals surface area contributed by atoms with Crippen molar-refractivity contribution >= 4 is 11.9 Å². The summed E-state index contributed by atoms with van der Waals surface area (Å²) in [6.07, 6.45) is -0.137. The van der Waals surface area contributed by atoms with Gasteiger partial charge in [0.1, 0.15) is 30.0 Å². The van der Waals surface area contributed by atoms with E-state index >= 15 is 0 Å². The molecule has 2 N–H and O–H groups in total. The molecule has 0 aliphatic carbocycles. The summed E-state index contributed by atoms with van der Waals surface area (Å²) in [6, 6.07) is 26.4. The molecule has 234 valence electrons. The molecule has 1 heterocycles. The second-order valence-electron chi connectivity index (χ2n) is 11.3. The van der Waals surface area contributed by atoms with Crippen LogP contribution < -0.4 is 29.0 Å². The summed E-state index contributed by atoms with van der Waals surface area (Å²) >= 11 is 0. The van der Waals surface area contributed by atoms with Crippen molar-refractivity contribution in [3.63, 3.8) is 0 Å². The minimum absolute atomic E-state index is 0.0258. The zero-order valence-electron chi connectivity index (χ0n) is 25.7. The Bertz CT molecular complexity index is 1560. The standard InChI is InChI=1S/C36H37NO8/c1-23-5-12-29(13-6-23)41-22-28(38)21-37-26(4)19-27-11-18-32-33(20-27)45-36(44-32,34(39)42-30-14-7-24(2)8-15-30)35(40)43-31-16-9-25(3)10-17-31/h5-18,20,26,28,37-38H,19,21-22H2,1-4H3. The van der Waals surface area contributed by atoms with Crippen LogP contribution in [0.3, 0.4) is 0 Å². The largest absolute Gasteiger partial charge is 0.491 e. The maximum Gasteiger partial charge on any atom is 0.454 e. The van der Waals surface area contributed by atoms with E-state index in [1.165, 1.54) is 0 Å². The van der Waals surface area contributed by atoms with Crippen LogP contribution in [-0.2, 0) is 16.0 Å². The topological polar surface area (TPSA) is 113 Å². The van der Waals surface area contributed by atoms with Crippen molar-refractivity contribution in [1.29, 1.82) is 0 Å². The number of hydrogen-bond acceptors (Lipinski definition) is 9. The highest BCUT2D eigenvalue weighted by Crippen LogP contribution is 2.41. The van der Waals surface area contributed by atoms with E-state index in [-0.39, 0.29) is 35.6 Å². The molecular formula is C36H37NO8. The number of rotatable bonds is 12. The summed E-state index contributed by atoms with van der Waals surface area (Å²) in [6.45, 7) is 8.29. The lowest BCUT2D eigenvalue weighted by Crippen LogP contribution is -2.58. The molecule has 0 amide bonds. The Morgan fingerprint density at radius 2 is 1.22 bits per heavy atom. The summed E-state index contributed by atoms with van der Waals surface area (Å²) in [5, 5.41) is 13.7. The summed E-state index contributed by atoms with van der Waals surface area (Å²) in [5.41, 5.74) is 3.95. The van der Waals surface area contributed by atoms with Crippen molar-refractivity contribution in [2.75, 3.05) is 13.2 Å². The van der Waals surface area contributed by atoms with Gasteiger partial charge < -0.3 is 34.1 Å². The predicted molar refractivity (Wildman–Crippen MR) is 168 cm³/mol. The lowest BCUT2D eigenvalue weighted by atomic mass is 10.1. The molecule has 4 aromatic rings. The van der Waals surface area contributed by atoms with Gasteiger partial charge in [-0.3, -0.25) is 0 Å². The molecule has 0 spiro atoms. The van der Waals surface area contributed by atoms with Gasteiger partial charge in [0.2, 0.25) is 0 Å².